The van der Waals surface area contributed by atoms with Gasteiger partial charge in [0.2, 0.25) is 11.9 Å². The van der Waals surface area contributed by atoms with Gasteiger partial charge in [-0.25, -0.2) is 9.97 Å². The number of hydrogen-bond donors (Lipinski definition) is 0. The van der Waals surface area contributed by atoms with Crippen molar-refractivity contribution in [1.82, 2.24) is 19.4 Å². The van der Waals surface area contributed by atoms with Gasteiger partial charge < -0.3 is 14.4 Å². The minimum absolute atomic E-state index is 0.0126. The van der Waals surface area contributed by atoms with Gasteiger partial charge in [0.25, 0.3) is 0 Å². The first-order chi connectivity index (χ1) is 13.7. The highest BCUT2D eigenvalue weighted by atomic mass is 16.2. The van der Waals surface area contributed by atoms with Crippen molar-refractivity contribution >= 4 is 11.9 Å². The Morgan fingerprint density at radius 3 is 2.25 bits per heavy atom. The van der Waals surface area contributed by atoms with Gasteiger partial charge in [0.1, 0.15) is 0 Å². The Hall–Kier alpha value is -3.15. The highest BCUT2D eigenvalue weighted by molar-refractivity contribution is 5.77. The van der Waals surface area contributed by atoms with Crippen LogP contribution in [0.2, 0.25) is 0 Å². The fourth-order valence-electron chi connectivity index (χ4n) is 3.64. The van der Waals surface area contributed by atoms with Crippen LogP contribution in [0.3, 0.4) is 0 Å². The number of carbonyl (C=O) groups excluding carboxylic acids is 1. The molecule has 0 N–H and O–H groups in total. The first-order valence-corrected chi connectivity index (χ1v) is 9.69. The Balaban J connectivity index is 1.43. The summed E-state index contributed by atoms with van der Waals surface area (Å²) in [7, 11) is 0. The molecule has 1 saturated heterocycles. The summed E-state index contributed by atoms with van der Waals surface area (Å²) in [6.45, 7) is 4.99. The van der Waals surface area contributed by atoms with E-state index in [2.05, 4.69) is 50.6 Å². The number of hydrogen-bond acceptors (Lipinski definition) is 4. The second-order valence-electron chi connectivity index (χ2n) is 7.18. The fraction of sp³-hybridized carbons (Fsp3) is 0.318. The first kappa shape index (κ1) is 18.2. The monoisotopic (exact) mass is 375 g/mol. The molecule has 6 nitrogen and oxygen atoms in total. The maximum absolute atomic E-state index is 13.0. The summed E-state index contributed by atoms with van der Waals surface area (Å²) in [5.41, 5.74) is 2.38. The van der Waals surface area contributed by atoms with Crippen LogP contribution in [0.1, 0.15) is 23.6 Å². The van der Waals surface area contributed by atoms with Crippen LogP contribution < -0.4 is 4.90 Å². The van der Waals surface area contributed by atoms with Gasteiger partial charge in [-0.05, 0) is 30.7 Å². The van der Waals surface area contributed by atoms with E-state index in [0.717, 1.165) is 24.6 Å². The average Bonchev–Trinajstić information content (AvgIpc) is 3.28. The van der Waals surface area contributed by atoms with E-state index in [1.165, 1.54) is 5.56 Å². The summed E-state index contributed by atoms with van der Waals surface area (Å²) in [6, 6.07) is 14.3. The van der Waals surface area contributed by atoms with E-state index >= 15 is 0 Å². The zero-order chi connectivity index (χ0) is 19.3. The first-order valence-electron chi connectivity index (χ1n) is 9.69. The molecule has 1 atom stereocenters. The summed E-state index contributed by atoms with van der Waals surface area (Å²) < 4.78 is 2.12. The Morgan fingerprint density at radius 2 is 1.61 bits per heavy atom. The third-order valence-corrected chi connectivity index (χ3v) is 5.28. The van der Waals surface area contributed by atoms with E-state index in [9.17, 15) is 4.79 Å². The van der Waals surface area contributed by atoms with Gasteiger partial charge in [-0.1, -0.05) is 29.8 Å². The third-order valence-electron chi connectivity index (χ3n) is 5.28. The van der Waals surface area contributed by atoms with Crippen molar-refractivity contribution in [2.75, 3.05) is 31.1 Å². The van der Waals surface area contributed by atoms with E-state index in [1.54, 1.807) is 12.4 Å². The van der Waals surface area contributed by atoms with Crippen LogP contribution in [0.15, 0.2) is 67.3 Å². The molecule has 6 heteroatoms. The van der Waals surface area contributed by atoms with Crippen molar-refractivity contribution in [2.24, 2.45) is 0 Å². The highest BCUT2D eigenvalue weighted by Crippen LogP contribution is 2.24. The molecule has 0 unspecified atom stereocenters. The smallest absolute Gasteiger partial charge is 0.225 e. The van der Waals surface area contributed by atoms with Crippen molar-refractivity contribution in [3.8, 4) is 0 Å². The Morgan fingerprint density at radius 1 is 0.964 bits per heavy atom. The van der Waals surface area contributed by atoms with Crippen LogP contribution in [-0.2, 0) is 4.79 Å². The number of benzene rings is 1. The Bertz CT molecular complexity index is 884. The van der Waals surface area contributed by atoms with Crippen LogP contribution in [0.4, 0.5) is 5.95 Å². The predicted octanol–water partition coefficient (Wildman–Crippen LogP) is 2.91. The molecule has 1 aromatic carbocycles. The quantitative estimate of drug-likeness (QED) is 0.688. The number of aryl methyl sites for hydroxylation is 1. The number of amides is 1. The summed E-state index contributed by atoms with van der Waals surface area (Å²) in [5, 5.41) is 0. The van der Waals surface area contributed by atoms with Crippen LogP contribution in [0.5, 0.6) is 0 Å². The van der Waals surface area contributed by atoms with Gasteiger partial charge in [0.15, 0.2) is 0 Å². The van der Waals surface area contributed by atoms with Crippen molar-refractivity contribution in [1.29, 1.82) is 0 Å². The number of aromatic nitrogens is 3. The molecule has 0 bridgehead atoms. The zero-order valence-electron chi connectivity index (χ0n) is 16.1. The number of piperazine rings is 1. The predicted molar refractivity (Wildman–Crippen MR) is 109 cm³/mol. The van der Waals surface area contributed by atoms with Gasteiger partial charge in [-0.2, -0.15) is 0 Å². The van der Waals surface area contributed by atoms with E-state index in [-0.39, 0.29) is 11.9 Å². The molecule has 1 amide bonds. The normalized spacial score (nSPS) is 15.5. The Labute approximate surface area is 165 Å². The molecule has 0 saturated carbocycles. The molecule has 1 aliphatic rings. The molecular weight excluding hydrogens is 350 g/mol. The van der Waals surface area contributed by atoms with Crippen LogP contribution in [0.25, 0.3) is 0 Å². The lowest BCUT2D eigenvalue weighted by atomic mass is 10.0. The minimum Gasteiger partial charge on any atom is -0.346 e. The molecule has 0 aliphatic carbocycles. The van der Waals surface area contributed by atoms with E-state index in [0.29, 0.717) is 19.5 Å². The van der Waals surface area contributed by atoms with E-state index in [4.69, 9.17) is 0 Å². The number of anilines is 1. The second kappa shape index (κ2) is 8.25. The molecular formula is C22H25N5O. The SMILES string of the molecule is Cc1ccc([C@@H](CC(=O)N2CCN(c3ncccn3)CC2)n2cccc2)cc1. The lowest BCUT2D eigenvalue weighted by molar-refractivity contribution is -0.132. The topological polar surface area (TPSA) is 54.3 Å². The molecule has 1 fully saturated rings. The van der Waals surface area contributed by atoms with Crippen molar-refractivity contribution in [3.05, 3.63) is 78.4 Å². The minimum atomic E-state index is 0.0126. The van der Waals surface area contributed by atoms with Gasteiger partial charge in [0.05, 0.1) is 12.5 Å². The Kier molecular flexibility index (Phi) is 5.37. The molecule has 0 radical (unpaired) electrons. The highest BCUT2D eigenvalue weighted by Gasteiger charge is 2.25. The van der Waals surface area contributed by atoms with Crippen molar-refractivity contribution < 1.29 is 4.79 Å². The summed E-state index contributed by atoms with van der Waals surface area (Å²) in [6.07, 6.45) is 8.02. The van der Waals surface area contributed by atoms with Gasteiger partial charge in [0, 0.05) is 51.0 Å². The van der Waals surface area contributed by atoms with Crippen molar-refractivity contribution in [2.45, 2.75) is 19.4 Å². The van der Waals surface area contributed by atoms with Crippen LogP contribution in [0, 0.1) is 6.92 Å². The number of carbonyl (C=O) groups is 1. The van der Waals surface area contributed by atoms with Crippen LogP contribution >= 0.6 is 0 Å². The van der Waals surface area contributed by atoms with Crippen molar-refractivity contribution in [3.63, 3.8) is 0 Å². The van der Waals surface area contributed by atoms with Gasteiger partial charge in [-0.15, -0.1) is 0 Å². The maximum Gasteiger partial charge on any atom is 0.225 e. The van der Waals surface area contributed by atoms with Gasteiger partial charge in [-0.3, -0.25) is 4.79 Å². The second-order valence-corrected chi connectivity index (χ2v) is 7.18. The summed E-state index contributed by atoms with van der Waals surface area (Å²) in [5.74, 6) is 0.923. The molecule has 2 aromatic heterocycles. The standard InChI is InChI=1S/C22H25N5O/c1-18-5-7-19(8-6-18)20(25-11-2-3-12-25)17-21(28)26-13-15-27(16-14-26)22-23-9-4-10-24-22/h2-12,20H,13-17H2,1H3/t20-/m1/s1. The molecule has 1 aliphatic heterocycles. The van der Waals surface area contributed by atoms with E-state index in [1.807, 2.05) is 35.5 Å². The number of rotatable bonds is 5. The molecule has 3 heterocycles. The summed E-state index contributed by atoms with van der Waals surface area (Å²) >= 11 is 0. The molecule has 0 spiro atoms. The van der Waals surface area contributed by atoms with Crippen LogP contribution in [-0.4, -0.2) is 51.5 Å². The lowest BCUT2D eigenvalue weighted by Crippen LogP contribution is -2.49. The molecule has 4 rings (SSSR count). The lowest BCUT2D eigenvalue weighted by Gasteiger charge is -2.35. The van der Waals surface area contributed by atoms with E-state index < -0.39 is 0 Å². The van der Waals surface area contributed by atoms with Gasteiger partial charge >= 0.3 is 0 Å². The largest absolute Gasteiger partial charge is 0.346 e. The third kappa shape index (κ3) is 4.06. The zero-order valence-corrected chi connectivity index (χ0v) is 16.1. The average molecular weight is 375 g/mol. The number of nitrogens with zero attached hydrogens (tertiary/aromatic N) is 5. The molecule has 144 valence electrons. The summed E-state index contributed by atoms with van der Waals surface area (Å²) in [4.78, 5) is 25.8. The maximum atomic E-state index is 13.0. The fourth-order valence-corrected chi connectivity index (χ4v) is 3.64. The molecule has 28 heavy (non-hydrogen) atoms. The molecule has 3 aromatic rings.